The van der Waals surface area contributed by atoms with Crippen molar-refractivity contribution in [1.82, 2.24) is 9.78 Å². The van der Waals surface area contributed by atoms with Crippen molar-refractivity contribution in [3.63, 3.8) is 0 Å². The number of phenols is 1. The predicted molar refractivity (Wildman–Crippen MR) is 55.3 cm³/mol. The Bertz CT molecular complexity index is 510. The fraction of sp³-hybridized carbons (Fsp3) is 0.100. The topological polar surface area (TPSA) is 38.0 Å². The van der Waals surface area contributed by atoms with E-state index in [0.29, 0.717) is 11.1 Å². The second kappa shape index (κ2) is 3.55. The number of rotatable bonds is 1. The van der Waals surface area contributed by atoms with Crippen LogP contribution in [0.15, 0.2) is 24.5 Å². The maximum atomic E-state index is 13.0. The molecule has 0 aliphatic carbocycles. The van der Waals surface area contributed by atoms with Crippen LogP contribution in [-0.2, 0) is 7.05 Å². The van der Waals surface area contributed by atoms with E-state index in [1.54, 1.807) is 24.1 Å². The molecule has 2 aromatic rings. The number of phenolic OH excluding ortho intramolecular Hbond substituents is 1. The monoisotopic (exact) mass is 226 g/mol. The van der Waals surface area contributed by atoms with Gasteiger partial charge in [-0.1, -0.05) is 11.6 Å². The summed E-state index contributed by atoms with van der Waals surface area (Å²) in [5.41, 5.74) is 1.16. The summed E-state index contributed by atoms with van der Waals surface area (Å²) in [5.74, 6) is -0.785. The lowest BCUT2D eigenvalue weighted by molar-refractivity contribution is 0.471. The number of benzene rings is 1. The molecule has 0 radical (unpaired) electrons. The zero-order valence-corrected chi connectivity index (χ0v) is 8.66. The molecule has 3 nitrogen and oxygen atoms in total. The molecule has 0 spiro atoms. The first-order chi connectivity index (χ1) is 7.08. The van der Waals surface area contributed by atoms with Crippen LogP contribution >= 0.6 is 11.6 Å². The number of aromatic nitrogens is 2. The van der Waals surface area contributed by atoms with E-state index in [-0.39, 0.29) is 10.8 Å². The largest absolute Gasteiger partial charge is 0.507 e. The smallest absolute Gasteiger partial charge is 0.145 e. The minimum Gasteiger partial charge on any atom is -0.507 e. The molecule has 0 bridgehead atoms. The van der Waals surface area contributed by atoms with Crippen LogP contribution in [0.5, 0.6) is 5.75 Å². The van der Waals surface area contributed by atoms with Gasteiger partial charge >= 0.3 is 0 Å². The lowest BCUT2D eigenvalue weighted by Crippen LogP contribution is -1.84. The molecule has 1 heterocycles. The van der Waals surface area contributed by atoms with Gasteiger partial charge in [-0.2, -0.15) is 5.10 Å². The average molecular weight is 227 g/mol. The SMILES string of the molecule is Cn1cc(-c2cc(Cl)c(F)cc2O)cn1. The van der Waals surface area contributed by atoms with Gasteiger partial charge in [0.05, 0.1) is 11.2 Å². The second-order valence-corrected chi connectivity index (χ2v) is 3.59. The first kappa shape index (κ1) is 9.98. The van der Waals surface area contributed by atoms with Crippen LogP contribution < -0.4 is 0 Å². The Morgan fingerprint density at radius 1 is 1.47 bits per heavy atom. The molecular weight excluding hydrogens is 219 g/mol. The van der Waals surface area contributed by atoms with Crippen molar-refractivity contribution in [2.45, 2.75) is 0 Å². The van der Waals surface area contributed by atoms with Gasteiger partial charge in [-0.05, 0) is 6.07 Å². The molecule has 1 aromatic carbocycles. The summed E-state index contributed by atoms with van der Waals surface area (Å²) in [7, 11) is 1.76. The van der Waals surface area contributed by atoms with Crippen LogP contribution in [0, 0.1) is 5.82 Å². The maximum absolute atomic E-state index is 13.0. The molecule has 1 N–H and O–H groups in total. The van der Waals surface area contributed by atoms with E-state index in [1.807, 2.05) is 0 Å². The predicted octanol–water partition coefficient (Wildman–Crippen LogP) is 2.59. The molecule has 1 aromatic heterocycles. The highest BCUT2D eigenvalue weighted by molar-refractivity contribution is 6.31. The molecule has 2 rings (SSSR count). The highest BCUT2D eigenvalue weighted by Gasteiger charge is 2.10. The van der Waals surface area contributed by atoms with Crippen LogP contribution in [0.3, 0.4) is 0 Å². The number of halogens is 2. The van der Waals surface area contributed by atoms with Gasteiger partial charge in [-0.3, -0.25) is 4.68 Å². The van der Waals surface area contributed by atoms with E-state index in [9.17, 15) is 9.50 Å². The van der Waals surface area contributed by atoms with Crippen LogP contribution in [-0.4, -0.2) is 14.9 Å². The van der Waals surface area contributed by atoms with Gasteiger partial charge in [-0.15, -0.1) is 0 Å². The van der Waals surface area contributed by atoms with Gasteiger partial charge < -0.3 is 5.11 Å². The summed E-state index contributed by atoms with van der Waals surface area (Å²) in [6.07, 6.45) is 3.28. The summed E-state index contributed by atoms with van der Waals surface area (Å²) >= 11 is 5.63. The highest BCUT2D eigenvalue weighted by Crippen LogP contribution is 2.32. The molecule has 0 saturated heterocycles. The second-order valence-electron chi connectivity index (χ2n) is 3.19. The van der Waals surface area contributed by atoms with E-state index in [0.717, 1.165) is 6.07 Å². The molecule has 0 aliphatic heterocycles. The molecule has 0 saturated carbocycles. The molecular formula is C10H8ClFN2O. The van der Waals surface area contributed by atoms with Crippen molar-refractivity contribution < 1.29 is 9.50 Å². The van der Waals surface area contributed by atoms with Gasteiger partial charge in [0.25, 0.3) is 0 Å². The lowest BCUT2D eigenvalue weighted by Gasteiger charge is -2.03. The Morgan fingerprint density at radius 3 is 2.80 bits per heavy atom. The first-order valence-corrected chi connectivity index (χ1v) is 4.63. The van der Waals surface area contributed by atoms with Gasteiger partial charge in [0, 0.05) is 30.4 Å². The third-order valence-electron chi connectivity index (χ3n) is 2.05. The Hall–Kier alpha value is -1.55. The van der Waals surface area contributed by atoms with Crippen molar-refractivity contribution in [2.75, 3.05) is 0 Å². The van der Waals surface area contributed by atoms with Crippen molar-refractivity contribution in [3.8, 4) is 16.9 Å². The fourth-order valence-electron chi connectivity index (χ4n) is 1.33. The zero-order valence-electron chi connectivity index (χ0n) is 7.91. The molecule has 15 heavy (non-hydrogen) atoms. The summed E-state index contributed by atoms with van der Waals surface area (Å²) < 4.78 is 14.6. The van der Waals surface area contributed by atoms with Crippen molar-refractivity contribution >= 4 is 11.6 Å². The number of aromatic hydroxyl groups is 1. The molecule has 78 valence electrons. The van der Waals surface area contributed by atoms with Crippen LogP contribution in [0.4, 0.5) is 4.39 Å². The minimum absolute atomic E-state index is 0.0216. The third kappa shape index (κ3) is 1.80. The van der Waals surface area contributed by atoms with E-state index >= 15 is 0 Å². The average Bonchev–Trinajstić information content (AvgIpc) is 2.58. The lowest BCUT2D eigenvalue weighted by atomic mass is 10.1. The molecule has 0 unspecified atom stereocenters. The van der Waals surface area contributed by atoms with Crippen molar-refractivity contribution in [3.05, 3.63) is 35.4 Å². The molecule has 0 fully saturated rings. The van der Waals surface area contributed by atoms with Gasteiger partial charge in [0.1, 0.15) is 11.6 Å². The quantitative estimate of drug-likeness (QED) is 0.812. The Morgan fingerprint density at radius 2 is 2.20 bits per heavy atom. The molecule has 0 amide bonds. The minimum atomic E-state index is -0.637. The Labute approximate surface area is 90.7 Å². The van der Waals surface area contributed by atoms with Crippen LogP contribution in [0.2, 0.25) is 5.02 Å². The van der Waals surface area contributed by atoms with Gasteiger partial charge in [-0.25, -0.2) is 4.39 Å². The van der Waals surface area contributed by atoms with E-state index in [4.69, 9.17) is 11.6 Å². The normalized spacial score (nSPS) is 10.6. The summed E-state index contributed by atoms with van der Waals surface area (Å²) in [5, 5.41) is 13.5. The molecule has 5 heteroatoms. The van der Waals surface area contributed by atoms with Crippen molar-refractivity contribution in [2.24, 2.45) is 7.05 Å². The van der Waals surface area contributed by atoms with Crippen LogP contribution in [0.1, 0.15) is 0 Å². The summed E-state index contributed by atoms with van der Waals surface area (Å²) in [4.78, 5) is 0. The third-order valence-corrected chi connectivity index (χ3v) is 2.34. The number of aryl methyl sites for hydroxylation is 1. The molecule has 0 atom stereocenters. The number of nitrogens with zero attached hydrogens (tertiary/aromatic N) is 2. The van der Waals surface area contributed by atoms with E-state index in [1.165, 1.54) is 6.07 Å². The van der Waals surface area contributed by atoms with Gasteiger partial charge in [0.2, 0.25) is 0 Å². The maximum Gasteiger partial charge on any atom is 0.145 e. The van der Waals surface area contributed by atoms with Crippen LogP contribution in [0.25, 0.3) is 11.1 Å². The number of hydrogen-bond acceptors (Lipinski definition) is 2. The Balaban J connectivity index is 2.58. The summed E-state index contributed by atoms with van der Waals surface area (Å²) in [6.45, 7) is 0. The fourth-order valence-corrected chi connectivity index (χ4v) is 1.49. The summed E-state index contributed by atoms with van der Waals surface area (Å²) in [6, 6.07) is 2.37. The van der Waals surface area contributed by atoms with Crippen molar-refractivity contribution in [1.29, 1.82) is 0 Å². The number of hydrogen-bond donors (Lipinski definition) is 1. The van der Waals surface area contributed by atoms with E-state index in [2.05, 4.69) is 5.10 Å². The van der Waals surface area contributed by atoms with Gasteiger partial charge in [0.15, 0.2) is 0 Å². The van der Waals surface area contributed by atoms with E-state index < -0.39 is 5.82 Å². The Kier molecular flexibility index (Phi) is 2.36. The standard InChI is InChI=1S/C10H8ClFN2O/c1-14-5-6(4-13-14)7-2-8(11)9(12)3-10(7)15/h2-5,15H,1H3. The molecule has 0 aliphatic rings. The first-order valence-electron chi connectivity index (χ1n) is 4.25. The highest BCUT2D eigenvalue weighted by atomic mass is 35.5. The zero-order chi connectivity index (χ0) is 11.0.